The highest BCUT2D eigenvalue weighted by atomic mass is 19.1. The normalized spacial score (nSPS) is 12.1. The van der Waals surface area contributed by atoms with Gasteiger partial charge in [-0.1, -0.05) is 24.3 Å². The van der Waals surface area contributed by atoms with E-state index in [-0.39, 0.29) is 5.82 Å². The summed E-state index contributed by atoms with van der Waals surface area (Å²) in [5.41, 5.74) is 2.72. The number of H-pyrrole nitrogens is 1. The first-order valence-corrected chi connectivity index (χ1v) is 7.99. The number of aliphatic hydroxyl groups is 1. The Bertz CT molecular complexity index is 835. The number of hydrogen-bond acceptors (Lipinski definition) is 4. The smallest absolute Gasteiger partial charge is 0.132 e. The number of halogens is 1. The van der Waals surface area contributed by atoms with Crippen LogP contribution in [0.25, 0.3) is 11.3 Å². The van der Waals surface area contributed by atoms with Crippen LogP contribution < -0.4 is 10.1 Å². The summed E-state index contributed by atoms with van der Waals surface area (Å²) < 4.78 is 19.1. The molecule has 0 spiro atoms. The molecule has 1 aromatic heterocycles. The van der Waals surface area contributed by atoms with Crippen molar-refractivity contribution in [1.29, 1.82) is 0 Å². The van der Waals surface area contributed by atoms with E-state index < -0.39 is 6.10 Å². The lowest BCUT2D eigenvalue weighted by Gasteiger charge is -2.13. The summed E-state index contributed by atoms with van der Waals surface area (Å²) >= 11 is 0. The van der Waals surface area contributed by atoms with Gasteiger partial charge in [-0.15, -0.1) is 0 Å². The van der Waals surface area contributed by atoms with Crippen LogP contribution in [0.2, 0.25) is 0 Å². The average molecular weight is 341 g/mol. The summed E-state index contributed by atoms with van der Waals surface area (Å²) in [6.45, 7) is 0.816. The third-order valence-electron chi connectivity index (χ3n) is 3.99. The number of nitrogens with zero attached hydrogens (tertiary/aromatic N) is 1. The molecule has 0 fully saturated rings. The lowest BCUT2D eigenvalue weighted by atomic mass is 10.1. The molecule has 6 heteroatoms. The fourth-order valence-corrected chi connectivity index (χ4v) is 2.65. The van der Waals surface area contributed by atoms with Crippen LogP contribution in [-0.2, 0) is 6.54 Å². The lowest BCUT2D eigenvalue weighted by molar-refractivity contribution is 0.174. The predicted octanol–water partition coefficient (Wildman–Crippen LogP) is 3.05. The molecule has 3 rings (SSSR count). The molecule has 0 saturated carbocycles. The minimum absolute atomic E-state index is 0.301. The molecule has 0 bridgehead atoms. The minimum Gasteiger partial charge on any atom is -0.497 e. The maximum Gasteiger partial charge on any atom is 0.132 e. The van der Waals surface area contributed by atoms with Crippen molar-refractivity contribution in [2.45, 2.75) is 12.6 Å². The third kappa shape index (κ3) is 4.04. The van der Waals surface area contributed by atoms with E-state index >= 15 is 0 Å². The zero-order valence-electron chi connectivity index (χ0n) is 13.9. The number of aliphatic hydroxyl groups excluding tert-OH is 1. The predicted molar refractivity (Wildman–Crippen MR) is 93.6 cm³/mol. The maximum atomic E-state index is 14.0. The number of hydrogen-bond donors (Lipinski definition) is 3. The molecule has 25 heavy (non-hydrogen) atoms. The molecule has 1 heterocycles. The SMILES string of the molecule is COc1cccc(C(O)CNCc2cn[nH]c2-c2ccccc2F)c1. The largest absolute Gasteiger partial charge is 0.497 e. The summed E-state index contributed by atoms with van der Waals surface area (Å²) in [5, 5.41) is 20.3. The van der Waals surface area contributed by atoms with Gasteiger partial charge >= 0.3 is 0 Å². The van der Waals surface area contributed by atoms with Gasteiger partial charge in [0, 0.05) is 24.2 Å². The van der Waals surface area contributed by atoms with Crippen molar-refractivity contribution in [2.24, 2.45) is 0 Å². The minimum atomic E-state index is -0.668. The van der Waals surface area contributed by atoms with Crippen molar-refractivity contribution in [3.8, 4) is 17.0 Å². The van der Waals surface area contributed by atoms with Crippen molar-refractivity contribution in [3.05, 3.63) is 71.7 Å². The van der Waals surface area contributed by atoms with Gasteiger partial charge in [-0.05, 0) is 29.8 Å². The molecule has 0 saturated heterocycles. The Morgan fingerprint density at radius 2 is 2.08 bits per heavy atom. The Morgan fingerprint density at radius 1 is 1.24 bits per heavy atom. The number of ether oxygens (including phenoxy) is 1. The summed E-state index contributed by atoms with van der Waals surface area (Å²) in [6, 6.07) is 13.9. The van der Waals surface area contributed by atoms with Gasteiger partial charge in [0.2, 0.25) is 0 Å². The molecule has 0 aliphatic carbocycles. The molecule has 3 N–H and O–H groups in total. The number of benzene rings is 2. The van der Waals surface area contributed by atoms with Gasteiger partial charge in [-0.2, -0.15) is 5.10 Å². The van der Waals surface area contributed by atoms with E-state index in [4.69, 9.17) is 4.74 Å². The third-order valence-corrected chi connectivity index (χ3v) is 3.99. The standard InChI is InChI=1S/C19H20FN3O2/c1-25-15-6-4-5-13(9-15)18(24)12-21-10-14-11-22-23-19(14)16-7-2-3-8-17(16)20/h2-9,11,18,21,24H,10,12H2,1H3,(H,22,23). The molecule has 0 amide bonds. The van der Waals surface area contributed by atoms with E-state index in [0.717, 1.165) is 11.1 Å². The first kappa shape index (κ1) is 17.1. The van der Waals surface area contributed by atoms with Crippen LogP contribution in [0, 0.1) is 5.82 Å². The fourth-order valence-electron chi connectivity index (χ4n) is 2.65. The van der Waals surface area contributed by atoms with Crippen molar-refractivity contribution in [1.82, 2.24) is 15.5 Å². The number of aromatic amines is 1. The first-order valence-electron chi connectivity index (χ1n) is 7.99. The topological polar surface area (TPSA) is 70.2 Å². The van der Waals surface area contributed by atoms with E-state index in [0.29, 0.717) is 30.1 Å². The van der Waals surface area contributed by atoms with Gasteiger partial charge in [-0.25, -0.2) is 4.39 Å². The molecule has 0 aliphatic rings. The highest BCUT2D eigenvalue weighted by Crippen LogP contribution is 2.24. The lowest BCUT2D eigenvalue weighted by Crippen LogP contribution is -2.21. The van der Waals surface area contributed by atoms with Crippen LogP contribution in [0.3, 0.4) is 0 Å². The van der Waals surface area contributed by atoms with Gasteiger partial charge in [0.05, 0.1) is 25.1 Å². The highest BCUT2D eigenvalue weighted by molar-refractivity contribution is 5.63. The molecule has 1 unspecified atom stereocenters. The number of methoxy groups -OCH3 is 1. The highest BCUT2D eigenvalue weighted by Gasteiger charge is 2.13. The van der Waals surface area contributed by atoms with Crippen LogP contribution in [0.1, 0.15) is 17.2 Å². The van der Waals surface area contributed by atoms with E-state index in [1.807, 2.05) is 18.2 Å². The van der Waals surface area contributed by atoms with Crippen molar-refractivity contribution in [2.75, 3.05) is 13.7 Å². The molecular weight excluding hydrogens is 321 g/mol. The van der Waals surface area contributed by atoms with Crippen LogP contribution in [0.4, 0.5) is 4.39 Å². The Morgan fingerprint density at radius 3 is 2.88 bits per heavy atom. The monoisotopic (exact) mass is 341 g/mol. The molecule has 5 nitrogen and oxygen atoms in total. The average Bonchev–Trinajstić information content (AvgIpc) is 3.10. The second-order valence-corrected chi connectivity index (χ2v) is 5.67. The van der Waals surface area contributed by atoms with Crippen LogP contribution in [0.15, 0.2) is 54.7 Å². The van der Waals surface area contributed by atoms with Crippen LogP contribution in [0.5, 0.6) is 5.75 Å². The number of aromatic nitrogens is 2. The summed E-state index contributed by atoms with van der Waals surface area (Å²) in [4.78, 5) is 0. The second-order valence-electron chi connectivity index (χ2n) is 5.67. The summed E-state index contributed by atoms with van der Waals surface area (Å²) in [7, 11) is 1.59. The molecule has 3 aromatic rings. The number of nitrogens with one attached hydrogen (secondary N) is 2. The Kier molecular flexibility index (Phi) is 5.42. The van der Waals surface area contributed by atoms with Gasteiger partial charge in [-0.3, -0.25) is 5.10 Å². The van der Waals surface area contributed by atoms with Crippen LogP contribution >= 0.6 is 0 Å². The molecule has 2 aromatic carbocycles. The summed E-state index contributed by atoms with van der Waals surface area (Å²) in [6.07, 6.45) is 0.992. The first-order chi connectivity index (χ1) is 12.2. The van der Waals surface area contributed by atoms with Crippen molar-refractivity contribution in [3.63, 3.8) is 0 Å². The maximum absolute atomic E-state index is 14.0. The zero-order valence-corrected chi connectivity index (χ0v) is 13.9. The molecule has 0 aliphatic heterocycles. The van der Waals surface area contributed by atoms with Crippen molar-refractivity contribution >= 4 is 0 Å². The van der Waals surface area contributed by atoms with E-state index in [1.54, 1.807) is 37.6 Å². The summed E-state index contributed by atoms with van der Waals surface area (Å²) in [5.74, 6) is 0.401. The molecule has 1 atom stereocenters. The second kappa shape index (κ2) is 7.92. The quantitative estimate of drug-likeness (QED) is 0.618. The van der Waals surface area contributed by atoms with Crippen molar-refractivity contribution < 1.29 is 14.2 Å². The van der Waals surface area contributed by atoms with Crippen LogP contribution in [-0.4, -0.2) is 29.0 Å². The molecule has 0 radical (unpaired) electrons. The van der Waals surface area contributed by atoms with Gasteiger partial charge in [0.25, 0.3) is 0 Å². The van der Waals surface area contributed by atoms with E-state index in [1.165, 1.54) is 6.07 Å². The van der Waals surface area contributed by atoms with Gasteiger partial charge in [0.15, 0.2) is 0 Å². The van der Waals surface area contributed by atoms with Gasteiger partial charge in [0.1, 0.15) is 11.6 Å². The molecular formula is C19H20FN3O2. The Hall–Kier alpha value is -2.70. The zero-order chi connectivity index (χ0) is 17.6. The van der Waals surface area contributed by atoms with Gasteiger partial charge < -0.3 is 15.2 Å². The Labute approximate surface area is 145 Å². The van der Waals surface area contributed by atoms with E-state index in [9.17, 15) is 9.50 Å². The molecule has 130 valence electrons. The Balaban J connectivity index is 1.63. The van der Waals surface area contributed by atoms with E-state index in [2.05, 4.69) is 15.5 Å². The number of rotatable bonds is 7. The fraction of sp³-hybridized carbons (Fsp3) is 0.211.